The Morgan fingerprint density at radius 1 is 0.985 bits per heavy atom. The van der Waals surface area contributed by atoms with Crippen molar-refractivity contribution in [1.29, 1.82) is 0 Å². The summed E-state index contributed by atoms with van der Waals surface area (Å²) < 4.78 is 21.4. The third kappa shape index (κ3) is 7.60. The molecular weight excluding hydrogens is 884 g/mol. The van der Waals surface area contributed by atoms with Gasteiger partial charge in [-0.25, -0.2) is 4.79 Å². The second-order valence-electron chi connectivity index (χ2n) is 15.8. The lowest BCUT2D eigenvalue weighted by Gasteiger charge is -2.15. The molecule has 2 N–H and O–H groups in total. The lowest BCUT2D eigenvalue weighted by molar-refractivity contribution is -0.141. The minimum Gasteiger partial charge on any atom is -0.496 e. The van der Waals surface area contributed by atoms with Crippen LogP contribution in [0.3, 0.4) is 0 Å². The summed E-state index contributed by atoms with van der Waals surface area (Å²) in [4.78, 5) is 69.7. The van der Waals surface area contributed by atoms with Crippen molar-refractivity contribution in [2.75, 3.05) is 20.9 Å². The number of benzene rings is 2. The van der Waals surface area contributed by atoms with Crippen LogP contribution in [0.2, 0.25) is 5.02 Å². The second-order valence-corrected chi connectivity index (χ2v) is 17.3. The predicted octanol–water partition coefficient (Wildman–Crippen LogP) is 7.11. The van der Waals surface area contributed by atoms with Crippen molar-refractivity contribution in [3.8, 4) is 21.9 Å². The number of amides is 2. The van der Waals surface area contributed by atoms with Gasteiger partial charge in [-0.1, -0.05) is 29.8 Å². The van der Waals surface area contributed by atoms with Gasteiger partial charge in [-0.05, 0) is 82.1 Å². The van der Waals surface area contributed by atoms with Gasteiger partial charge in [-0.3, -0.25) is 43.0 Å². The third-order valence-electron chi connectivity index (χ3n) is 11.8. The first kappa shape index (κ1) is 43.8. The number of nitrogens with one attached hydrogen (secondary N) is 2. The number of aliphatic imine (C=N–C) groups is 1. The van der Waals surface area contributed by atoms with E-state index in [1.807, 2.05) is 68.7 Å². The van der Waals surface area contributed by atoms with Crippen molar-refractivity contribution in [2.45, 2.75) is 59.7 Å². The summed E-state index contributed by atoms with van der Waals surface area (Å²) in [5, 5.41) is 16.1. The maximum absolute atomic E-state index is 14.6. The summed E-state index contributed by atoms with van der Waals surface area (Å²) in [6.07, 6.45) is 4.86. The lowest BCUT2D eigenvalue weighted by Crippen LogP contribution is -2.40. The van der Waals surface area contributed by atoms with Crippen LogP contribution in [0.25, 0.3) is 38.1 Å². The Balaban J connectivity index is 1.02. The number of hydrogen-bond donors (Lipinski definition) is 2. The van der Waals surface area contributed by atoms with E-state index in [1.54, 1.807) is 55.5 Å². The van der Waals surface area contributed by atoms with Crippen LogP contribution >= 0.6 is 22.9 Å². The van der Waals surface area contributed by atoms with Crippen LogP contribution in [-0.4, -0.2) is 78.3 Å². The van der Waals surface area contributed by atoms with E-state index in [-0.39, 0.29) is 19.6 Å². The molecule has 2 unspecified atom stereocenters. The van der Waals surface area contributed by atoms with Crippen molar-refractivity contribution >= 4 is 68.4 Å². The molecule has 0 bridgehead atoms. The van der Waals surface area contributed by atoms with Crippen LogP contribution in [0.15, 0.2) is 87.5 Å². The fourth-order valence-electron chi connectivity index (χ4n) is 8.56. The topological polar surface area (TPSA) is 203 Å². The van der Waals surface area contributed by atoms with Crippen molar-refractivity contribution in [2.24, 2.45) is 4.99 Å². The van der Waals surface area contributed by atoms with Gasteiger partial charge in [0, 0.05) is 38.9 Å². The number of hydrogen-bond acceptors (Lipinski definition) is 13. The number of halogens is 1. The molecule has 336 valence electrons. The van der Waals surface area contributed by atoms with E-state index >= 15 is 0 Å². The molecule has 0 fully saturated rings. The molecule has 2 amide bonds. The van der Waals surface area contributed by atoms with E-state index in [1.165, 1.54) is 23.0 Å². The van der Waals surface area contributed by atoms with E-state index in [0.717, 1.165) is 22.5 Å². The van der Waals surface area contributed by atoms with E-state index in [0.29, 0.717) is 82.3 Å². The molecule has 6 aromatic heterocycles. The number of aryl methyl sites for hydroxylation is 3. The number of esters is 1. The molecule has 0 saturated carbocycles. The van der Waals surface area contributed by atoms with Crippen LogP contribution in [0.5, 0.6) is 5.75 Å². The first-order valence-corrected chi connectivity index (χ1v) is 22.1. The molecule has 2 aromatic carbocycles. The minimum absolute atomic E-state index is 0.0857. The molecule has 0 spiro atoms. The summed E-state index contributed by atoms with van der Waals surface area (Å²) >= 11 is 7.47. The third-order valence-corrected chi connectivity index (χ3v) is 13.3. The normalized spacial score (nSPS) is 13.8. The summed E-state index contributed by atoms with van der Waals surface area (Å²) in [5.74, 6) is 0.779. The van der Waals surface area contributed by atoms with Gasteiger partial charge in [0.15, 0.2) is 5.82 Å². The van der Waals surface area contributed by atoms with E-state index in [9.17, 15) is 19.2 Å². The highest BCUT2D eigenvalue weighted by Gasteiger charge is 2.34. The van der Waals surface area contributed by atoms with Gasteiger partial charge in [0.2, 0.25) is 5.91 Å². The summed E-state index contributed by atoms with van der Waals surface area (Å²) in [6.45, 7) is 8.69. The summed E-state index contributed by atoms with van der Waals surface area (Å²) in [5.41, 5.74) is 6.91. The van der Waals surface area contributed by atoms with Crippen LogP contribution < -0.4 is 21.1 Å². The van der Waals surface area contributed by atoms with Gasteiger partial charge in [0.1, 0.15) is 34.9 Å². The molecule has 7 heterocycles. The van der Waals surface area contributed by atoms with E-state index < -0.39 is 35.6 Å². The van der Waals surface area contributed by atoms with Crippen molar-refractivity contribution < 1.29 is 28.3 Å². The summed E-state index contributed by atoms with van der Waals surface area (Å²) in [7, 11) is 2.90. The highest BCUT2D eigenvalue weighted by Crippen LogP contribution is 2.42. The highest BCUT2D eigenvalue weighted by atomic mass is 35.5. The molecule has 0 aliphatic carbocycles. The Morgan fingerprint density at radius 2 is 1.77 bits per heavy atom. The van der Waals surface area contributed by atoms with Gasteiger partial charge in [-0.15, -0.1) is 21.5 Å². The molecule has 1 aliphatic heterocycles. The zero-order chi connectivity index (χ0) is 46.6. The first-order chi connectivity index (χ1) is 31.8. The smallest absolute Gasteiger partial charge is 0.330 e. The van der Waals surface area contributed by atoms with Gasteiger partial charge in [0.05, 0.1) is 78.6 Å². The van der Waals surface area contributed by atoms with Gasteiger partial charge < -0.3 is 24.5 Å². The molecule has 66 heavy (non-hydrogen) atoms. The van der Waals surface area contributed by atoms with Crippen LogP contribution in [0.1, 0.15) is 80.5 Å². The number of fused-ring (bicyclic) bond motifs is 6. The van der Waals surface area contributed by atoms with E-state index in [2.05, 4.69) is 25.8 Å². The van der Waals surface area contributed by atoms with Crippen LogP contribution in [0.4, 0.5) is 0 Å². The number of rotatable bonds is 12. The number of imidazole rings is 1. The Kier molecular flexibility index (Phi) is 11.6. The SMILES string of the molecule is COC(=O)CC1N=C(c2ccc(Cl)cc2)c2c(sc(C(=O)NCNC(=O)Cn3c(=O)n(C(C)c4ccccn4)c4c5cc(OC)c(-c6c(C)coc6C)cc5ncc43)c2C)-n2c(C)nnc21. The number of ether oxygens (including phenoxy) is 2. The van der Waals surface area contributed by atoms with Gasteiger partial charge >= 0.3 is 11.7 Å². The minimum atomic E-state index is -0.734. The maximum atomic E-state index is 14.6. The highest BCUT2D eigenvalue weighted by molar-refractivity contribution is 7.17. The number of thiophene rings is 1. The fourth-order valence-corrected chi connectivity index (χ4v) is 9.97. The number of aromatic nitrogens is 7. The second kappa shape index (κ2) is 17.5. The predicted molar refractivity (Wildman–Crippen MR) is 249 cm³/mol. The zero-order valence-electron chi connectivity index (χ0n) is 36.9. The Hall–Kier alpha value is -7.44. The average molecular weight is 927 g/mol. The monoisotopic (exact) mass is 926 g/mol. The van der Waals surface area contributed by atoms with Gasteiger partial charge in [-0.2, -0.15) is 0 Å². The molecule has 19 heteroatoms. The molecule has 1 aliphatic rings. The van der Waals surface area contributed by atoms with Crippen molar-refractivity contribution in [3.63, 3.8) is 0 Å². The van der Waals surface area contributed by atoms with Crippen molar-refractivity contribution in [1.82, 2.24) is 44.5 Å². The quantitative estimate of drug-likeness (QED) is 0.0934. The first-order valence-electron chi connectivity index (χ1n) is 20.9. The molecule has 9 rings (SSSR count). The number of pyridine rings is 2. The molecular formula is C47H43ClN10O7S. The number of furan rings is 1. The van der Waals surface area contributed by atoms with E-state index in [4.69, 9.17) is 35.5 Å². The number of carbonyl (C=O) groups excluding carboxylic acids is 3. The largest absolute Gasteiger partial charge is 0.496 e. The standard InChI is InChI=1S/C47H43ClN10O7S/c1-23-21-65-26(4)39(23)31-16-33-30(17-36(31)63-6)42-35(19-50-33)56(47(62)57(42)25(3)32-10-8-9-15-49-32)20-37(59)51-22-52-45(61)43-24(2)40-41(28-11-13-29(48)14-12-28)53-34(18-38(60)64-7)44-55-54-27(5)58(44)46(40)66-43/h8-17,19,21,25,34H,18,20,22H2,1-7H3,(H,51,59)(H,52,61). The fraction of sp³-hybridized carbons (Fsp3) is 0.255. The lowest BCUT2D eigenvalue weighted by atomic mass is 9.99. The molecule has 2 atom stereocenters. The maximum Gasteiger partial charge on any atom is 0.330 e. The Morgan fingerprint density at radius 3 is 2.47 bits per heavy atom. The number of carbonyl (C=O) groups is 3. The number of methoxy groups -OCH3 is 2. The Labute approximate surface area is 386 Å². The van der Waals surface area contributed by atoms with Crippen LogP contribution in [-0.2, 0) is 20.9 Å². The Bertz CT molecular complexity index is 3310. The molecule has 0 radical (unpaired) electrons. The molecule has 8 aromatic rings. The average Bonchev–Trinajstić information content (AvgIpc) is 4.02. The van der Waals surface area contributed by atoms with Crippen LogP contribution in [0, 0.1) is 27.7 Å². The van der Waals surface area contributed by atoms with Crippen molar-refractivity contribution in [3.05, 3.63) is 139 Å². The summed E-state index contributed by atoms with van der Waals surface area (Å²) in [6, 6.07) is 15.1. The zero-order valence-corrected chi connectivity index (χ0v) is 38.5. The molecule has 0 saturated heterocycles. The molecule has 17 nitrogen and oxygen atoms in total. The van der Waals surface area contributed by atoms with Gasteiger partial charge in [0.25, 0.3) is 5.91 Å². The number of nitrogens with zero attached hydrogens (tertiary/aromatic N) is 8.